The molecule has 5 heteroatoms. The zero-order valence-corrected chi connectivity index (χ0v) is 11.7. The second-order valence-corrected chi connectivity index (χ2v) is 5.09. The van der Waals surface area contributed by atoms with Crippen LogP contribution in [-0.4, -0.2) is 28.3 Å². The summed E-state index contributed by atoms with van der Waals surface area (Å²) in [6.07, 6.45) is 3.45. The van der Waals surface area contributed by atoms with E-state index in [9.17, 15) is 4.79 Å². The summed E-state index contributed by atoms with van der Waals surface area (Å²) >= 11 is 3.40. The van der Waals surface area contributed by atoms with Gasteiger partial charge in [-0.05, 0) is 35.7 Å². The molecule has 2 unspecified atom stereocenters. The van der Waals surface area contributed by atoms with Crippen LogP contribution in [0.3, 0.4) is 0 Å². The molecule has 0 aliphatic carbocycles. The maximum atomic E-state index is 12.5. The van der Waals surface area contributed by atoms with E-state index >= 15 is 0 Å². The molecule has 0 aromatic carbocycles. The van der Waals surface area contributed by atoms with Crippen molar-refractivity contribution in [3.63, 3.8) is 0 Å². The lowest BCUT2D eigenvalue weighted by atomic mass is 9.93. The number of rotatable bonds is 4. The molecule has 1 saturated heterocycles. The largest absolute Gasteiger partial charge is 0.377 e. The number of aromatic nitrogens is 2. The van der Waals surface area contributed by atoms with Crippen LogP contribution >= 0.6 is 15.9 Å². The second kappa shape index (κ2) is 5.31. The third kappa shape index (κ3) is 2.31. The lowest BCUT2D eigenvalue weighted by Gasteiger charge is -2.16. The van der Waals surface area contributed by atoms with Crippen LogP contribution in [0.2, 0.25) is 0 Å². The molecule has 1 aliphatic rings. The molecule has 0 spiro atoms. The Balaban J connectivity index is 2.27. The van der Waals surface area contributed by atoms with Gasteiger partial charge in [-0.2, -0.15) is 5.10 Å². The fourth-order valence-electron chi connectivity index (χ4n) is 2.37. The minimum absolute atomic E-state index is 0.0155. The molecule has 2 atom stereocenters. The summed E-state index contributed by atoms with van der Waals surface area (Å²) in [5.74, 6) is 0.138. The highest BCUT2D eigenvalue weighted by atomic mass is 79.9. The van der Waals surface area contributed by atoms with Crippen molar-refractivity contribution in [2.75, 3.05) is 6.61 Å². The number of hydrogen-bond donors (Lipinski definition) is 0. The number of carbonyl (C=O) groups excluding carboxylic acids is 1. The Bertz CT molecular complexity index is 417. The Hall–Kier alpha value is -0.680. The first kappa shape index (κ1) is 12.8. The minimum Gasteiger partial charge on any atom is -0.377 e. The third-order valence-electron chi connectivity index (χ3n) is 3.28. The highest BCUT2D eigenvalue weighted by Crippen LogP contribution is 2.29. The quantitative estimate of drug-likeness (QED) is 0.803. The Morgan fingerprint density at radius 1 is 1.65 bits per heavy atom. The zero-order chi connectivity index (χ0) is 12.4. The Morgan fingerprint density at radius 2 is 2.41 bits per heavy atom. The molecule has 1 fully saturated rings. The lowest BCUT2D eigenvalue weighted by molar-refractivity contribution is 0.0680. The predicted molar refractivity (Wildman–Crippen MR) is 68.1 cm³/mol. The monoisotopic (exact) mass is 300 g/mol. The fraction of sp³-hybridized carbons (Fsp3) is 0.667. The van der Waals surface area contributed by atoms with Gasteiger partial charge in [-0.1, -0.05) is 6.92 Å². The van der Waals surface area contributed by atoms with Crippen LogP contribution in [0, 0.1) is 5.92 Å². The van der Waals surface area contributed by atoms with Gasteiger partial charge in [0.1, 0.15) is 5.69 Å². The van der Waals surface area contributed by atoms with Crippen molar-refractivity contribution in [2.24, 2.45) is 5.92 Å². The smallest absolute Gasteiger partial charge is 0.187 e. The first-order valence-electron chi connectivity index (χ1n) is 6.06. The molecule has 94 valence electrons. The number of nitrogens with zero attached hydrogens (tertiary/aromatic N) is 2. The van der Waals surface area contributed by atoms with Gasteiger partial charge in [-0.15, -0.1) is 0 Å². The number of carbonyl (C=O) groups is 1. The molecule has 1 aromatic rings. The summed E-state index contributed by atoms with van der Waals surface area (Å²) in [5, 5.41) is 4.19. The molecule has 17 heavy (non-hydrogen) atoms. The van der Waals surface area contributed by atoms with E-state index in [4.69, 9.17) is 4.74 Å². The van der Waals surface area contributed by atoms with E-state index in [0.717, 1.165) is 17.3 Å². The summed E-state index contributed by atoms with van der Waals surface area (Å²) in [7, 11) is 0. The molecule has 0 saturated carbocycles. The van der Waals surface area contributed by atoms with E-state index < -0.39 is 0 Å². The third-order valence-corrected chi connectivity index (χ3v) is 3.86. The van der Waals surface area contributed by atoms with Crippen molar-refractivity contribution < 1.29 is 9.53 Å². The van der Waals surface area contributed by atoms with Gasteiger partial charge in [0.25, 0.3) is 0 Å². The molecule has 0 amide bonds. The van der Waals surface area contributed by atoms with Crippen LogP contribution in [0.25, 0.3) is 0 Å². The standard InChI is InChI=1S/C12H17BrN2O2/c1-3-10-8(5-6-17-10)12(16)11-9(13)7-14-15(11)4-2/h7-8,10H,3-6H2,1-2H3. The van der Waals surface area contributed by atoms with Crippen LogP contribution in [-0.2, 0) is 11.3 Å². The Labute approximate surface area is 109 Å². The lowest BCUT2D eigenvalue weighted by Crippen LogP contribution is -2.26. The van der Waals surface area contributed by atoms with Crippen molar-refractivity contribution >= 4 is 21.7 Å². The zero-order valence-electron chi connectivity index (χ0n) is 10.1. The molecule has 0 bridgehead atoms. The van der Waals surface area contributed by atoms with Crippen LogP contribution in [0.15, 0.2) is 10.7 Å². The summed E-state index contributed by atoms with van der Waals surface area (Å²) in [6, 6.07) is 0. The highest BCUT2D eigenvalue weighted by Gasteiger charge is 2.35. The van der Waals surface area contributed by atoms with Crippen LogP contribution in [0.1, 0.15) is 37.2 Å². The topological polar surface area (TPSA) is 44.1 Å². The molecule has 0 N–H and O–H groups in total. The molecule has 1 aliphatic heterocycles. The molecule has 1 aromatic heterocycles. The SMILES string of the molecule is CCC1OCCC1C(=O)c1c(Br)cnn1CC. The van der Waals surface area contributed by atoms with Crippen molar-refractivity contribution in [1.82, 2.24) is 9.78 Å². The van der Waals surface area contributed by atoms with Gasteiger partial charge in [0.2, 0.25) is 0 Å². The maximum Gasteiger partial charge on any atom is 0.187 e. The number of ketones is 1. The van der Waals surface area contributed by atoms with Crippen LogP contribution in [0.4, 0.5) is 0 Å². The van der Waals surface area contributed by atoms with E-state index in [-0.39, 0.29) is 17.8 Å². The Kier molecular flexibility index (Phi) is 3.99. The van der Waals surface area contributed by atoms with Crippen molar-refractivity contribution in [3.05, 3.63) is 16.4 Å². The van der Waals surface area contributed by atoms with E-state index in [1.807, 2.05) is 6.92 Å². The van der Waals surface area contributed by atoms with Gasteiger partial charge < -0.3 is 4.74 Å². The van der Waals surface area contributed by atoms with E-state index in [1.165, 1.54) is 0 Å². The van der Waals surface area contributed by atoms with Crippen molar-refractivity contribution in [3.8, 4) is 0 Å². The minimum atomic E-state index is -0.0155. The second-order valence-electron chi connectivity index (χ2n) is 4.23. The first-order chi connectivity index (χ1) is 8.19. The van der Waals surface area contributed by atoms with Gasteiger partial charge in [0.15, 0.2) is 5.78 Å². The summed E-state index contributed by atoms with van der Waals surface area (Å²) in [4.78, 5) is 12.5. The highest BCUT2D eigenvalue weighted by molar-refractivity contribution is 9.10. The van der Waals surface area contributed by atoms with Crippen LogP contribution < -0.4 is 0 Å². The molecule has 0 radical (unpaired) electrons. The molecule has 2 rings (SSSR count). The van der Waals surface area contributed by atoms with Crippen molar-refractivity contribution in [2.45, 2.75) is 39.3 Å². The maximum absolute atomic E-state index is 12.5. The summed E-state index contributed by atoms with van der Waals surface area (Å²) in [5.41, 5.74) is 0.682. The molecule has 4 nitrogen and oxygen atoms in total. The number of ether oxygens (including phenoxy) is 1. The summed E-state index contributed by atoms with van der Waals surface area (Å²) < 4.78 is 8.11. The van der Waals surface area contributed by atoms with Gasteiger partial charge in [-0.25, -0.2) is 0 Å². The normalized spacial score (nSPS) is 24.2. The number of aryl methyl sites for hydroxylation is 1. The summed E-state index contributed by atoms with van der Waals surface area (Å²) in [6.45, 7) is 5.44. The average molecular weight is 301 g/mol. The number of hydrogen-bond acceptors (Lipinski definition) is 3. The molecular weight excluding hydrogens is 284 g/mol. The molecular formula is C12H17BrN2O2. The van der Waals surface area contributed by atoms with Crippen LogP contribution in [0.5, 0.6) is 0 Å². The average Bonchev–Trinajstić information content (AvgIpc) is 2.93. The van der Waals surface area contributed by atoms with Crippen molar-refractivity contribution in [1.29, 1.82) is 0 Å². The molecule has 2 heterocycles. The first-order valence-corrected chi connectivity index (χ1v) is 6.85. The van der Waals surface area contributed by atoms with Gasteiger partial charge in [0.05, 0.1) is 22.7 Å². The van der Waals surface area contributed by atoms with Gasteiger partial charge in [-0.3, -0.25) is 9.48 Å². The van der Waals surface area contributed by atoms with Gasteiger partial charge >= 0.3 is 0 Å². The predicted octanol–water partition coefficient (Wildman–Crippen LogP) is 2.66. The number of halogens is 1. The van der Waals surface area contributed by atoms with E-state index in [2.05, 4.69) is 28.0 Å². The Morgan fingerprint density at radius 3 is 3.06 bits per heavy atom. The van der Waals surface area contributed by atoms with E-state index in [1.54, 1.807) is 10.9 Å². The fourth-order valence-corrected chi connectivity index (χ4v) is 2.87. The van der Waals surface area contributed by atoms with E-state index in [0.29, 0.717) is 18.8 Å². The number of Topliss-reactive ketones (excluding diaryl/α,β-unsaturated/α-hetero) is 1. The van der Waals surface area contributed by atoms with Gasteiger partial charge in [0, 0.05) is 13.2 Å².